The standard InChI is InChI=1S/C21H11ClF3N3O2/c22-13-16(14(23)20(25)28-19(13)24)27-21(30)17-18(29)12-9-5-4-8-11(12)15(26-17)10-6-2-1-3-7-10/h1-9,29H,(H,27,28,30). The summed E-state index contributed by atoms with van der Waals surface area (Å²) < 4.78 is 41.1. The van der Waals surface area contributed by atoms with E-state index in [1.807, 2.05) is 5.32 Å². The fourth-order valence-corrected chi connectivity index (χ4v) is 3.16. The van der Waals surface area contributed by atoms with E-state index in [0.29, 0.717) is 22.0 Å². The molecular weight excluding hydrogens is 419 g/mol. The number of hydrogen-bond acceptors (Lipinski definition) is 4. The Kier molecular flexibility index (Phi) is 5.01. The third kappa shape index (κ3) is 3.31. The van der Waals surface area contributed by atoms with Crippen molar-refractivity contribution in [3.05, 3.63) is 83.0 Å². The molecule has 30 heavy (non-hydrogen) atoms. The molecule has 1 amide bonds. The van der Waals surface area contributed by atoms with Crippen molar-refractivity contribution in [2.75, 3.05) is 5.32 Å². The summed E-state index contributed by atoms with van der Waals surface area (Å²) in [6, 6.07) is 15.6. The number of aromatic nitrogens is 2. The molecule has 2 heterocycles. The van der Waals surface area contributed by atoms with Crippen LogP contribution in [0.2, 0.25) is 5.02 Å². The van der Waals surface area contributed by atoms with Gasteiger partial charge in [-0.15, -0.1) is 0 Å². The number of carbonyl (C=O) groups excluding carboxylic acids is 1. The van der Waals surface area contributed by atoms with Gasteiger partial charge in [0.1, 0.15) is 10.7 Å². The normalized spacial score (nSPS) is 10.9. The second-order valence-electron chi connectivity index (χ2n) is 6.22. The Morgan fingerprint density at radius 2 is 1.53 bits per heavy atom. The van der Waals surface area contributed by atoms with E-state index in [4.69, 9.17) is 11.6 Å². The highest BCUT2D eigenvalue weighted by Crippen LogP contribution is 2.35. The summed E-state index contributed by atoms with van der Waals surface area (Å²) in [4.78, 5) is 19.7. The molecule has 0 saturated carbocycles. The van der Waals surface area contributed by atoms with Crippen LogP contribution in [0.15, 0.2) is 54.6 Å². The molecule has 0 aliphatic heterocycles. The third-order valence-corrected chi connectivity index (χ3v) is 4.73. The molecule has 9 heteroatoms. The number of hydrogen-bond donors (Lipinski definition) is 2. The van der Waals surface area contributed by atoms with Crippen LogP contribution in [0.25, 0.3) is 22.0 Å². The first-order chi connectivity index (χ1) is 14.4. The fourth-order valence-electron chi connectivity index (χ4n) is 2.99. The van der Waals surface area contributed by atoms with Gasteiger partial charge in [0, 0.05) is 16.3 Å². The molecule has 0 bridgehead atoms. The Balaban J connectivity index is 1.88. The van der Waals surface area contributed by atoms with Crippen LogP contribution in [0.3, 0.4) is 0 Å². The Bertz CT molecular complexity index is 1270. The molecule has 4 aromatic rings. The van der Waals surface area contributed by atoms with Crippen molar-refractivity contribution in [2.45, 2.75) is 0 Å². The fraction of sp³-hybridized carbons (Fsp3) is 0. The van der Waals surface area contributed by atoms with Gasteiger partial charge in [0.15, 0.2) is 11.4 Å². The van der Waals surface area contributed by atoms with E-state index in [2.05, 4.69) is 9.97 Å². The SMILES string of the molecule is O=C(Nc1c(F)c(F)nc(F)c1Cl)c1nc(-c2ccccc2)c2ccccc2c1O. The number of nitrogens with one attached hydrogen (secondary N) is 1. The predicted octanol–water partition coefficient (Wildman–Crippen LogP) is 5.33. The average Bonchev–Trinajstić information content (AvgIpc) is 2.76. The summed E-state index contributed by atoms with van der Waals surface area (Å²) in [5.74, 6) is -6.49. The molecule has 0 radical (unpaired) electrons. The zero-order valence-corrected chi connectivity index (χ0v) is 15.7. The predicted molar refractivity (Wildman–Crippen MR) is 106 cm³/mol. The van der Waals surface area contributed by atoms with Crippen molar-refractivity contribution < 1.29 is 23.1 Å². The first-order valence-corrected chi connectivity index (χ1v) is 8.94. The molecule has 0 unspecified atom stereocenters. The minimum atomic E-state index is -1.77. The molecule has 150 valence electrons. The highest BCUT2D eigenvalue weighted by Gasteiger charge is 2.25. The number of carbonyl (C=O) groups is 1. The number of benzene rings is 2. The van der Waals surface area contributed by atoms with Crippen molar-refractivity contribution >= 4 is 34.0 Å². The summed E-state index contributed by atoms with van der Waals surface area (Å²) in [5.41, 5.74) is -0.372. The quantitative estimate of drug-likeness (QED) is 0.432. The van der Waals surface area contributed by atoms with E-state index in [9.17, 15) is 23.1 Å². The van der Waals surface area contributed by atoms with Gasteiger partial charge in [-0.25, -0.2) is 4.98 Å². The Hall–Kier alpha value is -3.65. The minimum Gasteiger partial charge on any atom is -0.505 e. The Morgan fingerprint density at radius 3 is 2.23 bits per heavy atom. The van der Waals surface area contributed by atoms with Gasteiger partial charge in [0.05, 0.1) is 5.69 Å². The molecule has 2 aromatic heterocycles. The topological polar surface area (TPSA) is 75.1 Å². The number of anilines is 1. The van der Waals surface area contributed by atoms with E-state index in [0.717, 1.165) is 0 Å². The lowest BCUT2D eigenvalue weighted by molar-refractivity contribution is 0.101. The summed E-state index contributed by atoms with van der Waals surface area (Å²) >= 11 is 5.62. The smallest absolute Gasteiger partial charge is 0.278 e. The first kappa shape index (κ1) is 19.7. The van der Waals surface area contributed by atoms with Gasteiger partial charge in [-0.1, -0.05) is 66.2 Å². The second kappa shape index (κ2) is 7.64. The monoisotopic (exact) mass is 429 g/mol. The summed E-state index contributed by atoms with van der Waals surface area (Å²) in [7, 11) is 0. The lowest BCUT2D eigenvalue weighted by atomic mass is 10.0. The van der Waals surface area contributed by atoms with E-state index in [1.165, 1.54) is 0 Å². The third-order valence-electron chi connectivity index (χ3n) is 4.38. The van der Waals surface area contributed by atoms with Crippen molar-refractivity contribution in [1.82, 2.24) is 9.97 Å². The number of nitrogens with zero attached hydrogens (tertiary/aromatic N) is 2. The molecule has 2 N–H and O–H groups in total. The maximum atomic E-state index is 14.0. The maximum absolute atomic E-state index is 14.0. The maximum Gasteiger partial charge on any atom is 0.278 e. The van der Waals surface area contributed by atoms with Gasteiger partial charge in [-0.3, -0.25) is 4.79 Å². The zero-order valence-electron chi connectivity index (χ0n) is 15.0. The number of aromatic hydroxyl groups is 1. The first-order valence-electron chi connectivity index (χ1n) is 8.57. The van der Waals surface area contributed by atoms with Crippen LogP contribution in [0.5, 0.6) is 5.75 Å². The van der Waals surface area contributed by atoms with Gasteiger partial charge in [0.25, 0.3) is 11.9 Å². The number of amides is 1. The minimum absolute atomic E-state index is 0.315. The van der Waals surface area contributed by atoms with Crippen LogP contribution in [0, 0.1) is 17.7 Å². The van der Waals surface area contributed by atoms with Crippen LogP contribution < -0.4 is 5.32 Å². The zero-order chi connectivity index (χ0) is 21.4. The summed E-state index contributed by atoms with van der Waals surface area (Å²) in [5, 5.41) is 12.6. The molecule has 0 aliphatic rings. The highest BCUT2D eigenvalue weighted by molar-refractivity contribution is 6.34. The molecule has 4 rings (SSSR count). The Morgan fingerprint density at radius 1 is 0.900 bits per heavy atom. The van der Waals surface area contributed by atoms with E-state index >= 15 is 0 Å². The number of pyridine rings is 2. The van der Waals surface area contributed by atoms with Crippen molar-refractivity contribution in [3.8, 4) is 17.0 Å². The molecule has 0 fully saturated rings. The molecular formula is C21H11ClF3N3O2. The second-order valence-corrected chi connectivity index (χ2v) is 6.60. The van der Waals surface area contributed by atoms with Gasteiger partial charge in [-0.2, -0.15) is 18.2 Å². The Labute approximate surface area is 172 Å². The molecule has 0 aliphatic carbocycles. The van der Waals surface area contributed by atoms with Gasteiger partial charge >= 0.3 is 0 Å². The van der Waals surface area contributed by atoms with Gasteiger partial charge < -0.3 is 10.4 Å². The molecule has 0 atom stereocenters. The van der Waals surface area contributed by atoms with E-state index in [1.54, 1.807) is 54.6 Å². The van der Waals surface area contributed by atoms with Gasteiger partial charge in [-0.05, 0) is 0 Å². The van der Waals surface area contributed by atoms with Crippen molar-refractivity contribution in [3.63, 3.8) is 0 Å². The number of rotatable bonds is 3. The molecule has 5 nitrogen and oxygen atoms in total. The highest BCUT2D eigenvalue weighted by atomic mass is 35.5. The van der Waals surface area contributed by atoms with Crippen LogP contribution in [0.4, 0.5) is 18.9 Å². The van der Waals surface area contributed by atoms with E-state index < -0.39 is 45.8 Å². The summed E-state index contributed by atoms with van der Waals surface area (Å²) in [6.07, 6.45) is 0. The molecule has 0 spiro atoms. The van der Waals surface area contributed by atoms with Crippen LogP contribution >= 0.6 is 11.6 Å². The van der Waals surface area contributed by atoms with Crippen molar-refractivity contribution in [1.29, 1.82) is 0 Å². The van der Waals surface area contributed by atoms with Crippen LogP contribution in [-0.4, -0.2) is 21.0 Å². The number of halogens is 4. The largest absolute Gasteiger partial charge is 0.505 e. The van der Waals surface area contributed by atoms with Crippen LogP contribution in [-0.2, 0) is 0 Å². The van der Waals surface area contributed by atoms with Crippen LogP contribution in [0.1, 0.15) is 10.5 Å². The van der Waals surface area contributed by atoms with E-state index in [-0.39, 0.29) is 0 Å². The molecule has 2 aromatic carbocycles. The lowest BCUT2D eigenvalue weighted by Gasteiger charge is -2.13. The summed E-state index contributed by atoms with van der Waals surface area (Å²) in [6.45, 7) is 0. The lowest BCUT2D eigenvalue weighted by Crippen LogP contribution is -2.17. The number of fused-ring (bicyclic) bond motifs is 1. The molecule has 0 saturated heterocycles. The average molecular weight is 430 g/mol. The van der Waals surface area contributed by atoms with Gasteiger partial charge in [0.2, 0.25) is 11.8 Å². The van der Waals surface area contributed by atoms with Crippen molar-refractivity contribution in [2.24, 2.45) is 0 Å².